The van der Waals surface area contributed by atoms with Crippen LogP contribution in [0.1, 0.15) is 12.8 Å². The second kappa shape index (κ2) is 5.43. The molecule has 1 saturated carbocycles. The van der Waals surface area contributed by atoms with Gasteiger partial charge in [0, 0.05) is 19.1 Å². The van der Waals surface area contributed by atoms with E-state index in [1.54, 1.807) is 4.90 Å². The molecule has 1 amide bonds. The number of halogens is 2. The Kier molecular flexibility index (Phi) is 3.90. The quantitative estimate of drug-likeness (QED) is 0.839. The number of sulfonamides is 1. The van der Waals surface area contributed by atoms with E-state index in [0.717, 1.165) is 12.8 Å². The predicted molar refractivity (Wildman–Crippen MR) is 80.0 cm³/mol. The average molecular weight is 349 g/mol. The number of nitrogens with zero attached hydrogens (tertiary/aromatic N) is 2. The average Bonchev–Trinajstić information content (AvgIpc) is 3.26. The highest BCUT2D eigenvalue weighted by atomic mass is 35.5. The first-order valence-electron chi connectivity index (χ1n) is 6.64. The van der Waals surface area contributed by atoms with Gasteiger partial charge in [-0.2, -0.15) is 4.31 Å². The van der Waals surface area contributed by atoms with Crippen molar-refractivity contribution in [2.75, 3.05) is 19.6 Å². The molecule has 0 unspecified atom stereocenters. The zero-order chi connectivity index (χ0) is 15.2. The van der Waals surface area contributed by atoms with E-state index in [4.69, 9.17) is 23.2 Å². The highest BCUT2D eigenvalue weighted by Gasteiger charge is 2.39. The molecule has 1 aliphatic heterocycles. The summed E-state index contributed by atoms with van der Waals surface area (Å²) in [7, 11) is -3.72. The van der Waals surface area contributed by atoms with Crippen molar-refractivity contribution in [3.05, 3.63) is 28.2 Å². The van der Waals surface area contributed by atoms with Gasteiger partial charge in [-0.1, -0.05) is 23.2 Å². The van der Waals surface area contributed by atoms with E-state index in [9.17, 15) is 13.2 Å². The summed E-state index contributed by atoms with van der Waals surface area (Å²) in [5, 5.41) is 0.478. The van der Waals surface area contributed by atoms with Gasteiger partial charge in [0.25, 0.3) is 0 Å². The van der Waals surface area contributed by atoms with Crippen molar-refractivity contribution in [3.8, 4) is 0 Å². The third-order valence-corrected chi connectivity index (χ3v) is 6.32. The predicted octanol–water partition coefficient (Wildman–Crippen LogP) is 1.99. The van der Waals surface area contributed by atoms with Crippen LogP contribution in [0.3, 0.4) is 0 Å². The molecule has 5 nitrogen and oxygen atoms in total. The number of carbonyl (C=O) groups is 1. The number of hydrogen-bond acceptors (Lipinski definition) is 3. The van der Waals surface area contributed by atoms with Crippen molar-refractivity contribution in [2.45, 2.75) is 23.8 Å². The first kappa shape index (κ1) is 15.1. The van der Waals surface area contributed by atoms with E-state index < -0.39 is 10.0 Å². The summed E-state index contributed by atoms with van der Waals surface area (Å²) in [6.07, 6.45) is 2.04. The highest BCUT2D eigenvalue weighted by molar-refractivity contribution is 7.89. The Hall–Kier alpha value is -0.820. The summed E-state index contributed by atoms with van der Waals surface area (Å²) >= 11 is 11.7. The summed E-state index contributed by atoms with van der Waals surface area (Å²) in [5.74, 6) is -0.132. The lowest BCUT2D eigenvalue weighted by molar-refractivity contribution is -0.134. The molecule has 0 bridgehead atoms. The van der Waals surface area contributed by atoms with Crippen LogP contribution in [0.15, 0.2) is 23.1 Å². The van der Waals surface area contributed by atoms with Gasteiger partial charge in [0.15, 0.2) is 0 Å². The van der Waals surface area contributed by atoms with Gasteiger partial charge >= 0.3 is 0 Å². The molecule has 0 spiro atoms. The van der Waals surface area contributed by atoms with Crippen LogP contribution in [-0.2, 0) is 14.8 Å². The van der Waals surface area contributed by atoms with Crippen molar-refractivity contribution in [2.24, 2.45) is 0 Å². The second-order valence-electron chi connectivity index (χ2n) is 5.23. The molecular weight excluding hydrogens is 335 g/mol. The largest absolute Gasteiger partial charge is 0.337 e. The van der Waals surface area contributed by atoms with Gasteiger partial charge < -0.3 is 4.90 Å². The van der Waals surface area contributed by atoms with Crippen LogP contribution in [0.5, 0.6) is 0 Å². The molecule has 3 rings (SSSR count). The Labute approximate surface area is 133 Å². The highest BCUT2D eigenvalue weighted by Crippen LogP contribution is 2.30. The van der Waals surface area contributed by atoms with E-state index in [-0.39, 0.29) is 22.4 Å². The molecule has 2 fully saturated rings. The number of rotatable bonds is 3. The fraction of sp³-hybridized carbons (Fsp3) is 0.462. The van der Waals surface area contributed by atoms with E-state index in [1.165, 1.54) is 22.5 Å². The van der Waals surface area contributed by atoms with Crippen LogP contribution in [0.2, 0.25) is 10.0 Å². The van der Waals surface area contributed by atoms with Crippen molar-refractivity contribution >= 4 is 39.1 Å². The van der Waals surface area contributed by atoms with Crippen molar-refractivity contribution in [1.82, 2.24) is 9.21 Å². The fourth-order valence-electron chi connectivity index (χ4n) is 2.43. The van der Waals surface area contributed by atoms with Gasteiger partial charge in [-0.05, 0) is 31.0 Å². The minimum absolute atomic E-state index is 0.0598. The number of hydrogen-bond donors (Lipinski definition) is 0. The van der Waals surface area contributed by atoms with Gasteiger partial charge in [0.2, 0.25) is 15.9 Å². The third-order valence-electron chi connectivity index (χ3n) is 3.74. The Bertz CT molecular complexity index is 689. The second-order valence-corrected chi connectivity index (χ2v) is 7.99. The van der Waals surface area contributed by atoms with Crippen molar-refractivity contribution in [3.63, 3.8) is 0 Å². The van der Waals surface area contributed by atoms with Gasteiger partial charge in [0.05, 0.1) is 21.5 Å². The molecule has 8 heteroatoms. The van der Waals surface area contributed by atoms with Gasteiger partial charge in [-0.15, -0.1) is 0 Å². The van der Waals surface area contributed by atoms with E-state index in [1.807, 2.05) is 0 Å². The molecule has 114 valence electrons. The minimum atomic E-state index is -3.72. The van der Waals surface area contributed by atoms with Crippen molar-refractivity contribution < 1.29 is 13.2 Å². The molecule has 21 heavy (non-hydrogen) atoms. The molecule has 0 aromatic heterocycles. The van der Waals surface area contributed by atoms with Crippen LogP contribution < -0.4 is 0 Å². The molecule has 1 heterocycles. The van der Waals surface area contributed by atoms with E-state index in [2.05, 4.69) is 0 Å². The number of amides is 1. The van der Waals surface area contributed by atoms with Crippen LogP contribution >= 0.6 is 23.2 Å². The molecule has 1 aromatic rings. The third kappa shape index (κ3) is 2.90. The Morgan fingerprint density at radius 1 is 1.10 bits per heavy atom. The molecule has 2 aliphatic rings. The Morgan fingerprint density at radius 3 is 2.38 bits per heavy atom. The molecule has 1 saturated heterocycles. The SMILES string of the molecule is O=C1CN(S(=O)(=O)c2ccc(Cl)c(Cl)c2)CCN1C1CC1. The van der Waals surface area contributed by atoms with Crippen molar-refractivity contribution in [1.29, 1.82) is 0 Å². The maximum absolute atomic E-state index is 12.5. The zero-order valence-corrected chi connectivity index (χ0v) is 13.5. The maximum Gasteiger partial charge on any atom is 0.243 e. The molecule has 0 N–H and O–H groups in total. The summed E-state index contributed by atoms with van der Waals surface area (Å²) in [6.45, 7) is 0.647. The lowest BCUT2D eigenvalue weighted by Crippen LogP contribution is -2.52. The molecule has 1 aliphatic carbocycles. The summed E-state index contributed by atoms with van der Waals surface area (Å²) in [6, 6.07) is 4.48. The van der Waals surface area contributed by atoms with Gasteiger partial charge in [-0.25, -0.2) is 8.42 Å². The van der Waals surface area contributed by atoms with Gasteiger partial charge in [-0.3, -0.25) is 4.79 Å². The molecule has 0 radical (unpaired) electrons. The maximum atomic E-state index is 12.5. The summed E-state index contributed by atoms with van der Waals surface area (Å²) < 4.78 is 26.3. The number of benzene rings is 1. The van der Waals surface area contributed by atoms with E-state index in [0.29, 0.717) is 24.2 Å². The molecule has 0 atom stereocenters. The smallest absolute Gasteiger partial charge is 0.243 e. The van der Waals surface area contributed by atoms with Crippen LogP contribution in [0, 0.1) is 0 Å². The normalized spacial score (nSPS) is 20.9. The van der Waals surface area contributed by atoms with Gasteiger partial charge in [0.1, 0.15) is 0 Å². The summed E-state index contributed by atoms with van der Waals surface area (Å²) in [4.78, 5) is 13.9. The molecular formula is C13H14Cl2N2O3S. The topological polar surface area (TPSA) is 57.7 Å². The molecule has 1 aromatic carbocycles. The van der Waals surface area contributed by atoms with Crippen LogP contribution in [0.25, 0.3) is 0 Å². The number of carbonyl (C=O) groups excluding carboxylic acids is 1. The van der Waals surface area contributed by atoms with Crippen LogP contribution in [0.4, 0.5) is 0 Å². The zero-order valence-electron chi connectivity index (χ0n) is 11.1. The standard InChI is InChI=1S/C13H14Cl2N2O3S/c14-11-4-3-10(7-12(11)15)21(19,20)16-5-6-17(9-1-2-9)13(18)8-16/h3-4,7,9H,1-2,5-6,8H2. The Morgan fingerprint density at radius 2 is 1.81 bits per heavy atom. The first-order chi connectivity index (χ1) is 9.89. The first-order valence-corrected chi connectivity index (χ1v) is 8.84. The summed E-state index contributed by atoms with van der Waals surface area (Å²) in [5.41, 5.74) is 0. The lowest BCUT2D eigenvalue weighted by Gasteiger charge is -2.33. The fourth-order valence-corrected chi connectivity index (χ4v) is 4.20. The Balaban J connectivity index is 1.82. The number of piperazine rings is 1. The minimum Gasteiger partial charge on any atom is -0.337 e. The lowest BCUT2D eigenvalue weighted by atomic mass is 10.3. The van der Waals surface area contributed by atoms with E-state index >= 15 is 0 Å². The monoisotopic (exact) mass is 348 g/mol. The van der Waals surface area contributed by atoms with Crippen LogP contribution in [-0.4, -0.2) is 49.2 Å².